The number of halogens is 1. The Hall–Kier alpha value is -0.380. The van der Waals surface area contributed by atoms with Crippen LogP contribution in [0.25, 0.3) is 0 Å². The first-order chi connectivity index (χ1) is 7.11. The molecule has 1 amide bonds. The summed E-state index contributed by atoms with van der Waals surface area (Å²) in [4.78, 5) is 15.0. The predicted molar refractivity (Wildman–Crippen MR) is 68.6 cm³/mol. The lowest BCUT2D eigenvalue weighted by Gasteiger charge is -2.12. The van der Waals surface area contributed by atoms with E-state index in [1.165, 1.54) is 12.8 Å². The molecule has 1 atom stereocenters. The number of alkyl halides is 1. The van der Waals surface area contributed by atoms with Crippen LogP contribution in [0.4, 0.5) is 0 Å². The summed E-state index contributed by atoms with van der Waals surface area (Å²) in [5, 5.41) is 0.788. The number of hydrogen-bond donors (Lipinski definition) is 1. The van der Waals surface area contributed by atoms with Crippen LogP contribution in [-0.2, 0) is 4.79 Å². The molecule has 0 rings (SSSR count). The van der Waals surface area contributed by atoms with Crippen molar-refractivity contribution in [3.05, 3.63) is 0 Å². The van der Waals surface area contributed by atoms with Crippen molar-refractivity contribution in [2.24, 2.45) is 16.6 Å². The normalized spacial score (nSPS) is 13.9. The average Bonchev–Trinajstić information content (AvgIpc) is 2.20. The Morgan fingerprint density at radius 3 is 2.67 bits per heavy atom. The molecule has 0 heterocycles. The summed E-state index contributed by atoms with van der Waals surface area (Å²) < 4.78 is 0. The van der Waals surface area contributed by atoms with Crippen molar-refractivity contribution >= 4 is 27.5 Å². The van der Waals surface area contributed by atoms with Crippen LogP contribution in [0.3, 0.4) is 0 Å². The van der Waals surface area contributed by atoms with Crippen molar-refractivity contribution in [1.82, 2.24) is 0 Å². The number of primary amides is 1. The summed E-state index contributed by atoms with van der Waals surface area (Å²) in [6.45, 7) is 4.89. The number of nitrogens with zero attached hydrogens (tertiary/aromatic N) is 1. The number of carbonyl (C=O) groups is 1. The largest absolute Gasteiger partial charge is 0.370 e. The summed E-state index contributed by atoms with van der Waals surface area (Å²) in [7, 11) is 0. The van der Waals surface area contributed by atoms with Gasteiger partial charge in [0, 0.05) is 24.0 Å². The molecule has 0 aliphatic carbocycles. The van der Waals surface area contributed by atoms with Crippen LogP contribution in [0.5, 0.6) is 0 Å². The highest BCUT2D eigenvalue weighted by atomic mass is 79.9. The molecule has 0 aromatic carbocycles. The molecule has 3 nitrogen and oxygen atoms in total. The smallest absolute Gasteiger partial charge is 0.219 e. The molecule has 0 spiro atoms. The molecule has 0 bridgehead atoms. The van der Waals surface area contributed by atoms with Gasteiger partial charge >= 0.3 is 0 Å². The quantitative estimate of drug-likeness (QED) is 0.538. The second kappa shape index (κ2) is 8.89. The molecule has 0 radical (unpaired) electrons. The first-order valence-electron chi connectivity index (χ1n) is 5.49. The first-order valence-corrected chi connectivity index (χ1v) is 6.61. The standard InChI is InChI=1S/C11H21BrN2O/c1-3-4-5-9(2)10(8-12)14-7-6-11(13)15/h9H,3-8H2,1-2H3,(H2,13,15). The van der Waals surface area contributed by atoms with Gasteiger partial charge in [-0.15, -0.1) is 0 Å². The van der Waals surface area contributed by atoms with Gasteiger partial charge in [-0.3, -0.25) is 9.79 Å². The molecule has 2 N–H and O–H groups in total. The van der Waals surface area contributed by atoms with Gasteiger partial charge in [0.2, 0.25) is 5.91 Å². The number of amides is 1. The van der Waals surface area contributed by atoms with Crippen LogP contribution in [0, 0.1) is 5.92 Å². The van der Waals surface area contributed by atoms with E-state index in [2.05, 4.69) is 34.8 Å². The summed E-state index contributed by atoms with van der Waals surface area (Å²) in [6.07, 6.45) is 3.94. The van der Waals surface area contributed by atoms with Crippen molar-refractivity contribution in [2.75, 3.05) is 11.9 Å². The monoisotopic (exact) mass is 276 g/mol. The Balaban J connectivity index is 4.02. The Morgan fingerprint density at radius 2 is 2.20 bits per heavy atom. The number of nitrogens with two attached hydrogens (primary N) is 1. The van der Waals surface area contributed by atoms with E-state index >= 15 is 0 Å². The molecular formula is C11H21BrN2O. The van der Waals surface area contributed by atoms with Crippen LogP contribution in [0.1, 0.15) is 39.5 Å². The van der Waals surface area contributed by atoms with E-state index in [4.69, 9.17) is 5.73 Å². The minimum Gasteiger partial charge on any atom is -0.370 e. The van der Waals surface area contributed by atoms with E-state index in [1.54, 1.807) is 0 Å². The van der Waals surface area contributed by atoms with Crippen molar-refractivity contribution in [1.29, 1.82) is 0 Å². The molecule has 15 heavy (non-hydrogen) atoms. The zero-order valence-corrected chi connectivity index (χ0v) is 11.2. The van der Waals surface area contributed by atoms with Gasteiger partial charge in [0.15, 0.2) is 0 Å². The molecule has 0 fully saturated rings. The number of unbranched alkanes of at least 4 members (excludes halogenated alkanes) is 1. The van der Waals surface area contributed by atoms with Gasteiger partial charge in [-0.2, -0.15) is 0 Å². The Bertz CT molecular complexity index is 217. The van der Waals surface area contributed by atoms with E-state index in [0.29, 0.717) is 18.9 Å². The average molecular weight is 277 g/mol. The SMILES string of the molecule is CCCCC(C)C(CBr)=NCCC(N)=O. The van der Waals surface area contributed by atoms with Gasteiger partial charge in [0.05, 0.1) is 0 Å². The highest BCUT2D eigenvalue weighted by Gasteiger charge is 2.08. The van der Waals surface area contributed by atoms with Crippen LogP contribution in [-0.4, -0.2) is 23.5 Å². The number of aliphatic imine (C=N–C) groups is 1. The van der Waals surface area contributed by atoms with E-state index in [9.17, 15) is 4.79 Å². The maximum atomic E-state index is 10.6. The Morgan fingerprint density at radius 1 is 1.53 bits per heavy atom. The maximum absolute atomic E-state index is 10.6. The number of hydrogen-bond acceptors (Lipinski definition) is 2. The fourth-order valence-corrected chi connectivity index (χ4v) is 2.05. The van der Waals surface area contributed by atoms with Gasteiger partial charge in [-0.25, -0.2) is 0 Å². The molecule has 0 aliphatic rings. The highest BCUT2D eigenvalue weighted by Crippen LogP contribution is 2.11. The molecule has 0 aliphatic heterocycles. The van der Waals surface area contributed by atoms with E-state index in [1.807, 2.05) is 0 Å². The topological polar surface area (TPSA) is 55.4 Å². The summed E-state index contributed by atoms with van der Waals surface area (Å²) in [6, 6.07) is 0. The van der Waals surface area contributed by atoms with E-state index < -0.39 is 0 Å². The van der Waals surface area contributed by atoms with Gasteiger partial charge in [0.25, 0.3) is 0 Å². The Kier molecular flexibility index (Phi) is 8.67. The minimum absolute atomic E-state index is 0.283. The van der Waals surface area contributed by atoms with E-state index in [0.717, 1.165) is 17.5 Å². The van der Waals surface area contributed by atoms with Gasteiger partial charge < -0.3 is 5.73 Å². The zero-order chi connectivity index (χ0) is 11.7. The maximum Gasteiger partial charge on any atom is 0.219 e. The second-order valence-electron chi connectivity index (χ2n) is 3.77. The summed E-state index contributed by atoms with van der Waals surface area (Å²) in [5.41, 5.74) is 6.20. The van der Waals surface area contributed by atoms with Crippen LogP contribution in [0.15, 0.2) is 4.99 Å². The van der Waals surface area contributed by atoms with Crippen LogP contribution >= 0.6 is 15.9 Å². The number of carbonyl (C=O) groups excluding carboxylic acids is 1. The zero-order valence-electron chi connectivity index (χ0n) is 9.63. The lowest BCUT2D eigenvalue weighted by atomic mass is 10.00. The third-order valence-electron chi connectivity index (χ3n) is 2.37. The molecule has 0 aromatic heterocycles. The molecule has 0 aromatic rings. The molecule has 0 saturated heterocycles. The molecule has 1 unspecified atom stereocenters. The summed E-state index contributed by atoms with van der Waals surface area (Å²) >= 11 is 3.43. The molecule has 88 valence electrons. The highest BCUT2D eigenvalue weighted by molar-refractivity contribution is 9.09. The second-order valence-corrected chi connectivity index (χ2v) is 4.33. The molecular weight excluding hydrogens is 256 g/mol. The van der Waals surface area contributed by atoms with Gasteiger partial charge in [0.1, 0.15) is 0 Å². The van der Waals surface area contributed by atoms with E-state index in [-0.39, 0.29) is 5.91 Å². The van der Waals surface area contributed by atoms with Gasteiger partial charge in [-0.05, 0) is 12.3 Å². The predicted octanol–water partition coefficient (Wildman–Crippen LogP) is 2.52. The molecule has 0 saturated carbocycles. The van der Waals surface area contributed by atoms with Crippen molar-refractivity contribution in [2.45, 2.75) is 39.5 Å². The third kappa shape index (κ3) is 7.54. The number of rotatable bonds is 8. The van der Waals surface area contributed by atoms with Crippen molar-refractivity contribution < 1.29 is 4.79 Å². The molecule has 4 heteroatoms. The fraction of sp³-hybridized carbons (Fsp3) is 0.818. The fourth-order valence-electron chi connectivity index (χ4n) is 1.32. The van der Waals surface area contributed by atoms with Crippen LogP contribution in [0.2, 0.25) is 0 Å². The minimum atomic E-state index is -0.283. The Labute approximate surface area is 101 Å². The van der Waals surface area contributed by atoms with Crippen LogP contribution < -0.4 is 5.73 Å². The third-order valence-corrected chi connectivity index (χ3v) is 2.94. The van der Waals surface area contributed by atoms with Crippen molar-refractivity contribution in [3.8, 4) is 0 Å². The first kappa shape index (κ1) is 14.6. The summed E-state index contributed by atoms with van der Waals surface area (Å²) in [5.74, 6) is 0.214. The lowest BCUT2D eigenvalue weighted by molar-refractivity contribution is -0.117. The van der Waals surface area contributed by atoms with Crippen molar-refractivity contribution in [3.63, 3.8) is 0 Å². The lowest BCUT2D eigenvalue weighted by Crippen LogP contribution is -2.16. The van der Waals surface area contributed by atoms with Gasteiger partial charge in [-0.1, -0.05) is 42.6 Å².